The molecular weight excluding hydrogens is 350 g/mol. The fourth-order valence-corrected chi connectivity index (χ4v) is 3.91. The first-order chi connectivity index (χ1) is 11.4. The van der Waals surface area contributed by atoms with Crippen molar-refractivity contribution in [3.8, 4) is 0 Å². The van der Waals surface area contributed by atoms with Crippen molar-refractivity contribution < 1.29 is 18.0 Å². The van der Waals surface area contributed by atoms with E-state index in [2.05, 4.69) is 5.16 Å². The van der Waals surface area contributed by atoms with Gasteiger partial charge >= 0.3 is 5.97 Å². The Morgan fingerprint density at radius 2 is 1.75 bits per heavy atom. The first kappa shape index (κ1) is 16.4. The average Bonchev–Trinajstić information content (AvgIpc) is 2.85. The highest BCUT2D eigenvalue weighted by Gasteiger charge is 2.28. The second-order valence-electron chi connectivity index (χ2n) is 5.14. The Hall–Kier alpha value is -2.44. The molecule has 0 aromatic heterocycles. The van der Waals surface area contributed by atoms with Crippen molar-refractivity contribution in [2.24, 2.45) is 5.16 Å². The van der Waals surface area contributed by atoms with Crippen molar-refractivity contribution in [3.63, 3.8) is 0 Å². The van der Waals surface area contributed by atoms with Crippen LogP contribution in [-0.2, 0) is 14.7 Å². The molecule has 3 rings (SSSR count). The smallest absolute Gasteiger partial charge is 0.313 e. The van der Waals surface area contributed by atoms with Gasteiger partial charge in [0, 0.05) is 21.6 Å². The largest absolute Gasteiger partial charge is 0.365 e. The molecular formula is C17H12ClNO4S. The van der Waals surface area contributed by atoms with E-state index in [0.29, 0.717) is 27.4 Å². The third-order valence-corrected chi connectivity index (χ3v) is 5.26. The summed E-state index contributed by atoms with van der Waals surface area (Å²) in [5, 5.41) is 5.41. The van der Waals surface area contributed by atoms with Crippen molar-refractivity contribution in [1.82, 2.24) is 0 Å². The van der Waals surface area contributed by atoms with E-state index in [0.717, 1.165) is 5.41 Å². The molecule has 0 aliphatic carbocycles. The number of fused-ring (bicyclic) bond motifs is 1. The molecule has 0 N–H and O–H groups in total. The van der Waals surface area contributed by atoms with Crippen LogP contribution in [-0.4, -0.2) is 20.1 Å². The minimum absolute atomic E-state index is 0.221. The van der Waals surface area contributed by atoms with Crippen LogP contribution in [0.15, 0.2) is 64.0 Å². The van der Waals surface area contributed by atoms with Gasteiger partial charge in [-0.3, -0.25) is 0 Å². The molecule has 0 bridgehead atoms. The molecule has 24 heavy (non-hydrogen) atoms. The molecule has 0 atom stereocenters. The zero-order valence-corrected chi connectivity index (χ0v) is 14.1. The second kappa shape index (κ2) is 6.22. The van der Waals surface area contributed by atoms with Gasteiger partial charge in [0.1, 0.15) is 0 Å². The number of halogens is 1. The van der Waals surface area contributed by atoms with E-state index in [1.165, 1.54) is 18.2 Å². The van der Waals surface area contributed by atoms with Gasteiger partial charge in [-0.25, -0.2) is 13.2 Å². The zero-order chi connectivity index (χ0) is 17.3. The maximum atomic E-state index is 12.1. The third kappa shape index (κ3) is 3.11. The number of carbonyl (C=O) groups is 1. The van der Waals surface area contributed by atoms with Crippen LogP contribution >= 0.6 is 11.6 Å². The van der Waals surface area contributed by atoms with Gasteiger partial charge < -0.3 is 4.84 Å². The van der Waals surface area contributed by atoms with Crippen LogP contribution in [0.3, 0.4) is 0 Å². The van der Waals surface area contributed by atoms with Gasteiger partial charge in [0.25, 0.3) is 0 Å². The summed E-state index contributed by atoms with van der Waals surface area (Å²) in [6.07, 6.45) is 0. The predicted octanol–water partition coefficient (Wildman–Crippen LogP) is 3.70. The summed E-state index contributed by atoms with van der Waals surface area (Å²) in [5.41, 5.74) is 1.55. The van der Waals surface area contributed by atoms with Crippen LogP contribution in [0.4, 0.5) is 0 Å². The van der Waals surface area contributed by atoms with Crippen LogP contribution in [0.1, 0.15) is 22.8 Å². The van der Waals surface area contributed by atoms with Gasteiger partial charge in [-0.1, -0.05) is 35.0 Å². The van der Waals surface area contributed by atoms with Gasteiger partial charge in [-0.15, -0.1) is 0 Å². The number of sulfone groups is 1. The second-order valence-corrected chi connectivity index (χ2v) is 7.34. The number of rotatable bonds is 3. The Labute approximate surface area is 144 Å². The third-order valence-electron chi connectivity index (χ3n) is 3.49. The molecule has 2 aromatic carbocycles. The fourth-order valence-electron chi connectivity index (χ4n) is 2.30. The molecule has 0 amide bonds. The Morgan fingerprint density at radius 3 is 2.46 bits per heavy atom. The number of benzene rings is 2. The number of hydrogen-bond donors (Lipinski definition) is 0. The summed E-state index contributed by atoms with van der Waals surface area (Å²) in [4.78, 5) is 17.1. The van der Waals surface area contributed by atoms with Crippen LogP contribution in [0.2, 0.25) is 5.02 Å². The molecule has 0 saturated carbocycles. The normalized spacial score (nSPS) is 15.6. The van der Waals surface area contributed by atoms with Crippen molar-refractivity contribution in [2.45, 2.75) is 11.8 Å². The highest BCUT2D eigenvalue weighted by Crippen LogP contribution is 2.33. The Bertz CT molecular complexity index is 976. The van der Waals surface area contributed by atoms with E-state index >= 15 is 0 Å². The lowest BCUT2D eigenvalue weighted by Gasteiger charge is -2.04. The molecule has 0 fully saturated rings. The molecule has 2 aromatic rings. The van der Waals surface area contributed by atoms with E-state index in [1.807, 2.05) is 0 Å². The quantitative estimate of drug-likeness (QED) is 0.474. The topological polar surface area (TPSA) is 72.8 Å². The van der Waals surface area contributed by atoms with Crippen molar-refractivity contribution in [2.75, 3.05) is 0 Å². The van der Waals surface area contributed by atoms with Crippen LogP contribution in [0.5, 0.6) is 0 Å². The van der Waals surface area contributed by atoms with E-state index in [4.69, 9.17) is 16.4 Å². The summed E-state index contributed by atoms with van der Waals surface area (Å²) in [7, 11) is -3.49. The zero-order valence-electron chi connectivity index (χ0n) is 12.6. The standard InChI is InChI=1S/C17H12ClNO4S/c1-11(19-23-17(20)12-6-8-13(18)9-7-12)15-10-24(21,22)16-5-3-2-4-14(15)16/h2-10H,1H3/b19-11+. The molecule has 7 heteroatoms. The van der Waals surface area contributed by atoms with E-state index in [9.17, 15) is 13.2 Å². The maximum absolute atomic E-state index is 12.1. The summed E-state index contributed by atoms with van der Waals surface area (Å²) in [5.74, 6) is -0.652. The summed E-state index contributed by atoms with van der Waals surface area (Å²) < 4.78 is 24.2. The number of allylic oxidation sites excluding steroid dienone is 1. The first-order valence-corrected chi connectivity index (χ1v) is 8.89. The average molecular weight is 362 g/mol. The SMILES string of the molecule is C/C(=N\OC(=O)c1ccc(Cl)cc1)C1=CS(=O)(=O)c2ccccc21. The van der Waals surface area contributed by atoms with E-state index in [1.54, 1.807) is 37.3 Å². The molecule has 122 valence electrons. The summed E-state index contributed by atoms with van der Waals surface area (Å²) in [6, 6.07) is 12.8. The molecule has 0 radical (unpaired) electrons. The van der Waals surface area contributed by atoms with E-state index < -0.39 is 15.8 Å². The molecule has 5 nitrogen and oxygen atoms in total. The van der Waals surface area contributed by atoms with Gasteiger partial charge in [0.05, 0.1) is 16.2 Å². The highest BCUT2D eigenvalue weighted by atomic mass is 35.5. The number of hydrogen-bond acceptors (Lipinski definition) is 5. The molecule has 1 aliphatic heterocycles. The van der Waals surface area contributed by atoms with Gasteiger partial charge in [0.15, 0.2) is 0 Å². The minimum atomic E-state index is -3.49. The molecule has 0 unspecified atom stereocenters. The maximum Gasteiger partial charge on any atom is 0.365 e. The number of oxime groups is 1. The van der Waals surface area contributed by atoms with Crippen molar-refractivity contribution >= 4 is 38.7 Å². The van der Waals surface area contributed by atoms with Crippen molar-refractivity contribution in [1.29, 1.82) is 0 Å². The fraction of sp³-hybridized carbons (Fsp3) is 0.0588. The Balaban J connectivity index is 1.85. The van der Waals surface area contributed by atoms with Crippen LogP contribution in [0, 0.1) is 0 Å². The van der Waals surface area contributed by atoms with Crippen LogP contribution in [0.25, 0.3) is 5.57 Å². The molecule has 1 aliphatic rings. The van der Waals surface area contributed by atoms with Crippen LogP contribution < -0.4 is 0 Å². The number of nitrogens with zero attached hydrogens (tertiary/aromatic N) is 1. The van der Waals surface area contributed by atoms with Crippen molar-refractivity contribution in [3.05, 3.63) is 70.1 Å². The predicted molar refractivity (Wildman–Crippen MR) is 91.6 cm³/mol. The lowest BCUT2D eigenvalue weighted by Crippen LogP contribution is -2.04. The minimum Gasteiger partial charge on any atom is -0.313 e. The number of carbonyl (C=O) groups excluding carboxylic acids is 1. The lowest BCUT2D eigenvalue weighted by molar-refractivity contribution is 0.0517. The summed E-state index contributed by atoms with van der Waals surface area (Å²) in [6.45, 7) is 1.58. The summed E-state index contributed by atoms with van der Waals surface area (Å²) >= 11 is 5.76. The lowest BCUT2D eigenvalue weighted by atomic mass is 10.0. The Morgan fingerprint density at radius 1 is 1.08 bits per heavy atom. The molecule has 0 spiro atoms. The molecule has 1 heterocycles. The Kier molecular flexibility index (Phi) is 4.26. The van der Waals surface area contributed by atoms with Gasteiger partial charge in [0.2, 0.25) is 9.84 Å². The van der Waals surface area contributed by atoms with E-state index in [-0.39, 0.29) is 4.90 Å². The highest BCUT2D eigenvalue weighted by molar-refractivity contribution is 7.95. The van der Waals surface area contributed by atoms with Gasteiger partial charge in [-0.2, -0.15) is 0 Å². The first-order valence-electron chi connectivity index (χ1n) is 6.96. The molecule has 0 saturated heterocycles. The monoisotopic (exact) mass is 361 g/mol. The van der Waals surface area contributed by atoms with Gasteiger partial charge in [-0.05, 0) is 37.3 Å².